The summed E-state index contributed by atoms with van der Waals surface area (Å²) in [6, 6.07) is 15.3. The van der Waals surface area contributed by atoms with Crippen molar-refractivity contribution in [2.75, 3.05) is 45.1 Å². The average molecular weight is 547 g/mol. The van der Waals surface area contributed by atoms with Gasteiger partial charge >= 0.3 is 0 Å². The summed E-state index contributed by atoms with van der Waals surface area (Å²) in [5, 5.41) is 4.55. The van der Waals surface area contributed by atoms with Crippen LogP contribution in [0.2, 0.25) is 0 Å². The Balaban J connectivity index is 0.972. The van der Waals surface area contributed by atoms with Gasteiger partial charge in [-0.15, -0.1) is 0 Å². The van der Waals surface area contributed by atoms with E-state index in [1.807, 2.05) is 12.1 Å². The zero-order chi connectivity index (χ0) is 27.2. The van der Waals surface area contributed by atoms with Crippen molar-refractivity contribution in [1.82, 2.24) is 15.1 Å². The Morgan fingerprint density at radius 2 is 1.82 bits per heavy atom. The standard InChI is InChI=1S/C33H43ClN4O/c1-24-8-10-27(11-9-24)31-22-28(36-31)14-12-26-13-15-29(23-30(26)35)39-21-4-3-16-37-17-19-38(20-18-37)32-7-5-6-25(2)33(32)34/h7-11,13-15,23,31,36H,3-6,12,16-22,35H2,1-2H3/b28-14+. The van der Waals surface area contributed by atoms with Crippen molar-refractivity contribution < 1.29 is 4.74 Å². The first-order valence-electron chi connectivity index (χ1n) is 14.5. The molecule has 0 bridgehead atoms. The number of benzene rings is 2. The van der Waals surface area contributed by atoms with E-state index in [0.717, 1.165) is 99.9 Å². The number of piperazine rings is 1. The highest BCUT2D eigenvalue weighted by Gasteiger charge is 2.24. The number of halogens is 1. The molecule has 1 atom stereocenters. The van der Waals surface area contributed by atoms with E-state index in [1.165, 1.54) is 28.1 Å². The molecule has 2 heterocycles. The highest BCUT2D eigenvalue weighted by molar-refractivity contribution is 6.32. The first kappa shape index (κ1) is 27.7. The molecule has 3 aliphatic rings. The Hall–Kier alpha value is -2.89. The van der Waals surface area contributed by atoms with Gasteiger partial charge in [-0.05, 0) is 69.7 Å². The fraction of sp³-hybridized carbons (Fsp3) is 0.455. The number of anilines is 1. The molecule has 2 aromatic rings. The minimum atomic E-state index is 0.426. The van der Waals surface area contributed by atoms with Crippen LogP contribution < -0.4 is 15.8 Å². The number of aryl methyl sites for hydroxylation is 1. The molecule has 5 nitrogen and oxygen atoms in total. The average Bonchev–Trinajstić information content (AvgIpc) is 2.91. The molecule has 2 saturated heterocycles. The van der Waals surface area contributed by atoms with Crippen molar-refractivity contribution in [1.29, 1.82) is 0 Å². The Labute approximate surface area is 239 Å². The lowest BCUT2D eigenvalue weighted by molar-refractivity contribution is 0.156. The molecular weight excluding hydrogens is 504 g/mol. The monoisotopic (exact) mass is 546 g/mol. The molecule has 0 spiro atoms. The fourth-order valence-electron chi connectivity index (χ4n) is 5.60. The molecule has 0 aromatic heterocycles. The van der Waals surface area contributed by atoms with E-state index < -0.39 is 0 Å². The van der Waals surface area contributed by atoms with Crippen molar-refractivity contribution in [2.24, 2.45) is 0 Å². The molecule has 39 heavy (non-hydrogen) atoms. The summed E-state index contributed by atoms with van der Waals surface area (Å²) >= 11 is 6.58. The van der Waals surface area contributed by atoms with Gasteiger partial charge in [-0.25, -0.2) is 0 Å². The van der Waals surface area contributed by atoms with Crippen LogP contribution in [0.3, 0.4) is 0 Å². The van der Waals surface area contributed by atoms with Crippen LogP contribution in [0.15, 0.2) is 76.6 Å². The van der Waals surface area contributed by atoms with Crippen molar-refractivity contribution in [3.63, 3.8) is 0 Å². The molecule has 1 unspecified atom stereocenters. The number of ether oxygens (including phenoxy) is 1. The minimum absolute atomic E-state index is 0.426. The van der Waals surface area contributed by atoms with Crippen LogP contribution in [0, 0.1) is 6.92 Å². The Morgan fingerprint density at radius 3 is 2.56 bits per heavy atom. The van der Waals surface area contributed by atoms with Crippen LogP contribution in [0.25, 0.3) is 0 Å². The Bertz CT molecular complexity index is 1220. The van der Waals surface area contributed by atoms with Crippen LogP contribution in [0.1, 0.15) is 61.8 Å². The lowest BCUT2D eigenvalue weighted by Crippen LogP contribution is -2.46. The largest absolute Gasteiger partial charge is 0.494 e. The number of hydrogen-bond donors (Lipinski definition) is 2. The molecule has 1 aliphatic carbocycles. The van der Waals surface area contributed by atoms with E-state index in [4.69, 9.17) is 22.1 Å². The van der Waals surface area contributed by atoms with E-state index in [-0.39, 0.29) is 0 Å². The van der Waals surface area contributed by atoms with Crippen LogP contribution in [0.5, 0.6) is 5.75 Å². The molecule has 3 N–H and O–H groups in total. The number of allylic oxidation sites excluding steroid dienone is 4. The smallest absolute Gasteiger partial charge is 0.121 e. The summed E-state index contributed by atoms with van der Waals surface area (Å²) < 4.78 is 6.02. The second-order valence-corrected chi connectivity index (χ2v) is 11.6. The molecule has 0 saturated carbocycles. The van der Waals surface area contributed by atoms with Crippen molar-refractivity contribution in [2.45, 2.75) is 58.4 Å². The minimum Gasteiger partial charge on any atom is -0.494 e. The third-order valence-corrected chi connectivity index (χ3v) is 8.77. The zero-order valence-corrected chi connectivity index (χ0v) is 24.3. The number of rotatable bonds is 10. The van der Waals surface area contributed by atoms with Crippen LogP contribution >= 0.6 is 11.6 Å². The molecule has 0 amide bonds. The van der Waals surface area contributed by atoms with Gasteiger partial charge in [0.1, 0.15) is 5.75 Å². The first-order valence-corrected chi connectivity index (χ1v) is 14.9. The maximum absolute atomic E-state index is 6.58. The molecular formula is C33H43ClN4O. The number of nitrogens with one attached hydrogen (secondary N) is 1. The van der Waals surface area contributed by atoms with E-state index in [2.05, 4.69) is 71.4 Å². The molecule has 2 aromatic carbocycles. The maximum Gasteiger partial charge on any atom is 0.121 e. The second kappa shape index (κ2) is 13.0. The number of hydrogen-bond acceptors (Lipinski definition) is 5. The van der Waals surface area contributed by atoms with Crippen molar-refractivity contribution >= 4 is 17.3 Å². The van der Waals surface area contributed by atoms with E-state index in [1.54, 1.807) is 0 Å². The first-order chi connectivity index (χ1) is 19.0. The van der Waals surface area contributed by atoms with Gasteiger partial charge in [-0.2, -0.15) is 0 Å². The predicted octanol–water partition coefficient (Wildman–Crippen LogP) is 6.71. The van der Waals surface area contributed by atoms with Gasteiger partial charge in [-0.3, -0.25) is 4.90 Å². The summed E-state index contributed by atoms with van der Waals surface area (Å²) in [6.07, 6.45) is 10.8. The quantitative estimate of drug-likeness (QED) is 0.256. The lowest BCUT2D eigenvalue weighted by atomic mass is 9.93. The summed E-state index contributed by atoms with van der Waals surface area (Å²) in [4.78, 5) is 5.02. The number of nitrogen functional groups attached to an aromatic ring is 1. The van der Waals surface area contributed by atoms with Gasteiger partial charge < -0.3 is 20.7 Å². The fourth-order valence-corrected chi connectivity index (χ4v) is 5.89. The van der Waals surface area contributed by atoms with Gasteiger partial charge in [0.2, 0.25) is 0 Å². The molecule has 2 fully saturated rings. The summed E-state index contributed by atoms with van der Waals surface area (Å²) in [7, 11) is 0. The molecule has 5 rings (SSSR count). The maximum atomic E-state index is 6.58. The Morgan fingerprint density at radius 1 is 1.05 bits per heavy atom. The highest BCUT2D eigenvalue weighted by atomic mass is 35.5. The lowest BCUT2D eigenvalue weighted by Gasteiger charge is -2.38. The normalized spacial score (nSPS) is 21.0. The third-order valence-electron chi connectivity index (χ3n) is 8.26. The molecule has 208 valence electrons. The number of nitrogens with zero attached hydrogens (tertiary/aromatic N) is 2. The van der Waals surface area contributed by atoms with Crippen LogP contribution in [-0.4, -0.2) is 49.1 Å². The van der Waals surface area contributed by atoms with E-state index >= 15 is 0 Å². The SMILES string of the molecule is CC1=C(Cl)C(N2CCN(CCCCOc3ccc(C/C=C4\CC(c5ccc(C)cc5)N4)c(N)c3)CC2)=CCC1. The Kier molecular flexibility index (Phi) is 9.21. The van der Waals surface area contributed by atoms with Crippen molar-refractivity contribution in [3.05, 3.63) is 93.3 Å². The highest BCUT2D eigenvalue weighted by Crippen LogP contribution is 2.32. The molecule has 2 aliphatic heterocycles. The van der Waals surface area contributed by atoms with Crippen molar-refractivity contribution in [3.8, 4) is 5.75 Å². The van der Waals surface area contributed by atoms with Gasteiger partial charge in [0.25, 0.3) is 0 Å². The summed E-state index contributed by atoms with van der Waals surface area (Å²) in [5.74, 6) is 0.861. The van der Waals surface area contributed by atoms with E-state index in [9.17, 15) is 0 Å². The van der Waals surface area contributed by atoms with Gasteiger partial charge in [-0.1, -0.05) is 65.2 Å². The summed E-state index contributed by atoms with van der Waals surface area (Å²) in [5.41, 5.74) is 14.8. The summed E-state index contributed by atoms with van der Waals surface area (Å²) in [6.45, 7) is 10.4. The topological polar surface area (TPSA) is 53.8 Å². The van der Waals surface area contributed by atoms with Gasteiger partial charge in [0.15, 0.2) is 0 Å². The zero-order valence-electron chi connectivity index (χ0n) is 23.5. The van der Waals surface area contributed by atoms with E-state index in [0.29, 0.717) is 6.04 Å². The van der Waals surface area contributed by atoms with Gasteiger partial charge in [0, 0.05) is 50.1 Å². The third kappa shape index (κ3) is 7.20. The molecule has 6 heteroatoms. The van der Waals surface area contributed by atoms with Crippen LogP contribution in [0.4, 0.5) is 5.69 Å². The van der Waals surface area contributed by atoms with Gasteiger partial charge in [0.05, 0.1) is 23.4 Å². The second-order valence-electron chi connectivity index (χ2n) is 11.2. The number of nitrogens with two attached hydrogens (primary N) is 1. The molecule has 0 radical (unpaired) electrons. The predicted molar refractivity (Wildman–Crippen MR) is 163 cm³/mol. The number of unbranched alkanes of at least 4 members (excludes halogenated alkanes) is 1. The van der Waals surface area contributed by atoms with Crippen LogP contribution in [-0.2, 0) is 6.42 Å².